The number of methoxy groups -OCH3 is 1. The minimum atomic E-state index is -2.87. The summed E-state index contributed by atoms with van der Waals surface area (Å²) in [6.07, 6.45) is -2.04. The van der Waals surface area contributed by atoms with Crippen LogP contribution in [0.5, 0.6) is 5.75 Å². The number of esters is 1. The molecule has 0 aliphatic carbocycles. The van der Waals surface area contributed by atoms with Crippen LogP contribution in [0.15, 0.2) is 17.1 Å². The average molecular weight is 347 g/mol. The van der Waals surface area contributed by atoms with Crippen LogP contribution in [0.3, 0.4) is 0 Å². The van der Waals surface area contributed by atoms with Gasteiger partial charge < -0.3 is 14.0 Å². The Morgan fingerprint density at radius 1 is 1.33 bits per heavy atom. The maximum Gasteiger partial charge on any atom is 0.343 e. The van der Waals surface area contributed by atoms with E-state index < -0.39 is 52.7 Å². The molecule has 1 aromatic carbocycles. The molecule has 0 N–H and O–H groups in total. The Labute approximate surface area is 133 Å². The quantitative estimate of drug-likeness (QED) is 0.616. The molecule has 2 aromatic rings. The highest BCUT2D eigenvalue weighted by Crippen LogP contribution is 2.30. The molecule has 0 unspecified atom stereocenters. The van der Waals surface area contributed by atoms with E-state index in [2.05, 4.69) is 4.74 Å². The number of rotatable bonds is 5. The van der Waals surface area contributed by atoms with Crippen LogP contribution in [0.25, 0.3) is 10.9 Å². The van der Waals surface area contributed by atoms with E-state index in [1.165, 1.54) is 6.92 Å². The fourth-order valence-corrected chi connectivity index (χ4v) is 2.31. The number of benzene rings is 1. The lowest BCUT2D eigenvalue weighted by Crippen LogP contribution is -2.23. The zero-order valence-electron chi connectivity index (χ0n) is 12.7. The molecule has 0 saturated carbocycles. The minimum absolute atomic E-state index is 0.0493. The van der Waals surface area contributed by atoms with Crippen molar-refractivity contribution in [2.75, 3.05) is 13.7 Å². The average Bonchev–Trinajstić information content (AvgIpc) is 2.51. The Morgan fingerprint density at radius 2 is 2.00 bits per heavy atom. The third-order valence-corrected chi connectivity index (χ3v) is 3.25. The molecule has 0 fully saturated rings. The number of nitrogens with zero attached hydrogens (tertiary/aromatic N) is 1. The van der Waals surface area contributed by atoms with Gasteiger partial charge in [-0.25, -0.2) is 18.0 Å². The van der Waals surface area contributed by atoms with Crippen LogP contribution < -0.4 is 10.2 Å². The Kier molecular flexibility index (Phi) is 5.10. The summed E-state index contributed by atoms with van der Waals surface area (Å²) in [5.74, 6) is -4.56. The van der Waals surface area contributed by atoms with Crippen LogP contribution >= 0.6 is 0 Å². The number of fused-ring (bicyclic) bond motifs is 1. The van der Waals surface area contributed by atoms with Gasteiger partial charge in [0.25, 0.3) is 6.43 Å². The number of halogens is 4. The van der Waals surface area contributed by atoms with Crippen molar-refractivity contribution in [1.29, 1.82) is 0 Å². The van der Waals surface area contributed by atoms with E-state index in [0.717, 1.165) is 17.9 Å². The molecule has 0 atom stereocenters. The molecule has 0 aliphatic rings. The first-order chi connectivity index (χ1) is 11.3. The SMILES string of the molecule is CCOC(=O)c1cn(CC(F)F)c2c(OC)c(F)c(F)cc2c1=O. The zero-order chi connectivity index (χ0) is 18.0. The van der Waals surface area contributed by atoms with Crippen LogP contribution in [0.1, 0.15) is 17.3 Å². The summed E-state index contributed by atoms with van der Waals surface area (Å²) in [5, 5.41) is -0.461. The summed E-state index contributed by atoms with van der Waals surface area (Å²) in [7, 11) is 1.01. The predicted molar refractivity (Wildman–Crippen MR) is 76.6 cm³/mol. The van der Waals surface area contributed by atoms with Crippen LogP contribution in [0.2, 0.25) is 0 Å². The second-order valence-corrected chi connectivity index (χ2v) is 4.74. The highest BCUT2D eigenvalue weighted by molar-refractivity contribution is 5.95. The summed E-state index contributed by atoms with van der Waals surface area (Å²) in [4.78, 5) is 24.2. The first-order valence-corrected chi connectivity index (χ1v) is 6.86. The Balaban J connectivity index is 2.92. The highest BCUT2D eigenvalue weighted by atomic mass is 19.3. The number of alkyl halides is 2. The van der Waals surface area contributed by atoms with Crippen molar-refractivity contribution in [1.82, 2.24) is 4.57 Å². The monoisotopic (exact) mass is 347 g/mol. The molecule has 0 radical (unpaired) electrons. The summed E-state index contributed by atoms with van der Waals surface area (Å²) in [6, 6.07) is 0.542. The normalized spacial score (nSPS) is 11.1. The van der Waals surface area contributed by atoms with Gasteiger partial charge in [-0.15, -0.1) is 0 Å². The van der Waals surface area contributed by atoms with Gasteiger partial charge in [-0.3, -0.25) is 4.79 Å². The Morgan fingerprint density at radius 3 is 2.54 bits per heavy atom. The fourth-order valence-electron chi connectivity index (χ4n) is 2.31. The predicted octanol–water partition coefficient (Wildman–Crippen LogP) is 2.73. The minimum Gasteiger partial charge on any atom is -0.491 e. The zero-order valence-corrected chi connectivity index (χ0v) is 12.7. The molecule has 9 heteroatoms. The van der Waals surface area contributed by atoms with Crippen molar-refractivity contribution in [2.24, 2.45) is 0 Å². The van der Waals surface area contributed by atoms with Crippen molar-refractivity contribution in [3.8, 4) is 5.75 Å². The van der Waals surface area contributed by atoms with Crippen molar-refractivity contribution in [3.05, 3.63) is 39.7 Å². The van der Waals surface area contributed by atoms with Gasteiger partial charge in [-0.2, -0.15) is 4.39 Å². The largest absolute Gasteiger partial charge is 0.491 e. The van der Waals surface area contributed by atoms with Crippen LogP contribution in [0, 0.1) is 11.6 Å². The summed E-state index contributed by atoms with van der Waals surface area (Å²) in [6.45, 7) is 0.492. The van der Waals surface area contributed by atoms with Gasteiger partial charge >= 0.3 is 5.97 Å². The van der Waals surface area contributed by atoms with E-state index in [9.17, 15) is 27.2 Å². The van der Waals surface area contributed by atoms with Crippen LogP contribution in [0.4, 0.5) is 17.6 Å². The van der Waals surface area contributed by atoms with Crippen molar-refractivity contribution < 1.29 is 31.8 Å². The van der Waals surface area contributed by atoms with Crippen LogP contribution in [-0.4, -0.2) is 30.7 Å². The maximum atomic E-state index is 13.9. The lowest BCUT2D eigenvalue weighted by Gasteiger charge is -2.16. The Hall–Kier alpha value is -2.58. The van der Waals surface area contributed by atoms with Gasteiger partial charge in [0.2, 0.25) is 11.2 Å². The van der Waals surface area contributed by atoms with E-state index in [0.29, 0.717) is 6.07 Å². The van der Waals surface area contributed by atoms with Gasteiger partial charge in [0.15, 0.2) is 11.6 Å². The molecule has 0 amide bonds. The van der Waals surface area contributed by atoms with E-state index in [1.807, 2.05) is 0 Å². The second-order valence-electron chi connectivity index (χ2n) is 4.74. The van der Waals surface area contributed by atoms with E-state index in [4.69, 9.17) is 4.74 Å². The number of carbonyl (C=O) groups is 1. The lowest BCUT2D eigenvalue weighted by atomic mass is 10.1. The third kappa shape index (κ3) is 3.06. The summed E-state index contributed by atoms with van der Waals surface area (Å²) < 4.78 is 63.4. The molecule has 24 heavy (non-hydrogen) atoms. The molecule has 0 aliphatic heterocycles. The molecule has 2 rings (SSSR count). The summed E-state index contributed by atoms with van der Waals surface area (Å²) >= 11 is 0. The fraction of sp³-hybridized carbons (Fsp3) is 0.333. The maximum absolute atomic E-state index is 13.9. The standard InChI is InChI=1S/C15H13F4NO4/c1-3-24-15(22)8-5-20(6-10(17)18)12-7(13(8)21)4-9(16)11(19)14(12)23-2/h4-5,10H,3,6H2,1-2H3. The lowest BCUT2D eigenvalue weighted by molar-refractivity contribution is 0.0523. The smallest absolute Gasteiger partial charge is 0.343 e. The molecule has 0 bridgehead atoms. The molecular weight excluding hydrogens is 334 g/mol. The molecule has 130 valence electrons. The van der Waals surface area contributed by atoms with Crippen LogP contribution in [-0.2, 0) is 11.3 Å². The number of pyridine rings is 1. The van der Waals surface area contributed by atoms with Gasteiger partial charge in [-0.05, 0) is 13.0 Å². The highest BCUT2D eigenvalue weighted by Gasteiger charge is 2.24. The molecule has 1 aromatic heterocycles. The molecule has 0 saturated heterocycles. The molecule has 1 heterocycles. The van der Waals surface area contributed by atoms with Crippen molar-refractivity contribution >= 4 is 16.9 Å². The summed E-state index contributed by atoms with van der Waals surface area (Å²) in [5.41, 5.74) is -1.89. The molecule has 5 nitrogen and oxygen atoms in total. The van der Waals surface area contributed by atoms with Crippen molar-refractivity contribution in [2.45, 2.75) is 19.9 Å². The number of hydrogen-bond acceptors (Lipinski definition) is 4. The molecule has 0 spiro atoms. The first-order valence-electron chi connectivity index (χ1n) is 6.86. The van der Waals surface area contributed by atoms with Gasteiger partial charge in [0, 0.05) is 6.20 Å². The van der Waals surface area contributed by atoms with Crippen molar-refractivity contribution in [3.63, 3.8) is 0 Å². The topological polar surface area (TPSA) is 57.5 Å². The molecular formula is C15H13F4NO4. The van der Waals surface area contributed by atoms with Gasteiger partial charge in [-0.1, -0.05) is 0 Å². The van der Waals surface area contributed by atoms with E-state index in [1.54, 1.807) is 0 Å². The van der Waals surface area contributed by atoms with Gasteiger partial charge in [0.1, 0.15) is 5.56 Å². The number of aromatic nitrogens is 1. The first kappa shape index (κ1) is 17.8. The third-order valence-electron chi connectivity index (χ3n) is 3.25. The number of hydrogen-bond donors (Lipinski definition) is 0. The number of carbonyl (C=O) groups excluding carboxylic acids is 1. The number of ether oxygens (including phenoxy) is 2. The van der Waals surface area contributed by atoms with E-state index in [-0.39, 0.29) is 12.1 Å². The second kappa shape index (κ2) is 6.90. The van der Waals surface area contributed by atoms with Gasteiger partial charge in [0.05, 0.1) is 31.2 Å². The Bertz CT molecular complexity index is 848. The van der Waals surface area contributed by atoms with E-state index >= 15 is 0 Å².